The number of hydrogen-bond donors (Lipinski definition) is 1. The molecule has 23 heavy (non-hydrogen) atoms. The van der Waals surface area contributed by atoms with E-state index in [2.05, 4.69) is 10.1 Å². The first-order chi connectivity index (χ1) is 10.8. The number of nitrogens with one attached hydrogen (secondary N) is 1. The summed E-state index contributed by atoms with van der Waals surface area (Å²) in [7, 11) is 3.10. The van der Waals surface area contributed by atoms with E-state index < -0.39 is 24.3 Å². The van der Waals surface area contributed by atoms with Gasteiger partial charge in [-0.3, -0.25) is 9.59 Å². The summed E-state index contributed by atoms with van der Waals surface area (Å²) in [6, 6.07) is 4.11. The predicted octanol–water partition coefficient (Wildman–Crippen LogP) is 1.24. The van der Waals surface area contributed by atoms with Crippen molar-refractivity contribution in [2.45, 2.75) is 0 Å². The molecule has 0 aromatic heterocycles. The highest BCUT2D eigenvalue weighted by Crippen LogP contribution is 2.20. The van der Waals surface area contributed by atoms with Gasteiger partial charge in [-0.15, -0.1) is 0 Å². The molecule has 0 bridgehead atoms. The zero-order valence-corrected chi connectivity index (χ0v) is 13.4. The van der Waals surface area contributed by atoms with E-state index in [1.54, 1.807) is 14.1 Å². The number of esters is 1. The molecule has 0 atom stereocenters. The van der Waals surface area contributed by atoms with Crippen molar-refractivity contribution in [1.82, 2.24) is 10.2 Å². The average molecular weight is 343 g/mol. The van der Waals surface area contributed by atoms with Gasteiger partial charge >= 0.3 is 5.97 Å². The number of carbonyl (C=O) groups excluding carboxylic acids is 3. The Morgan fingerprint density at radius 1 is 1.35 bits per heavy atom. The van der Waals surface area contributed by atoms with Crippen LogP contribution >= 0.6 is 11.6 Å². The van der Waals surface area contributed by atoms with Crippen LogP contribution in [-0.2, 0) is 19.1 Å². The van der Waals surface area contributed by atoms with Crippen LogP contribution in [0.1, 0.15) is 5.56 Å². The molecular formula is C15H16ClFN2O4. The molecule has 1 aromatic rings. The van der Waals surface area contributed by atoms with Crippen molar-refractivity contribution < 1.29 is 23.5 Å². The van der Waals surface area contributed by atoms with Crippen molar-refractivity contribution >= 4 is 35.5 Å². The quantitative estimate of drug-likeness (QED) is 0.623. The Hall–Kier alpha value is -2.41. The average Bonchev–Trinajstić information content (AvgIpc) is 2.49. The minimum absolute atomic E-state index is 0.0483. The molecule has 0 aliphatic heterocycles. The molecule has 124 valence electrons. The van der Waals surface area contributed by atoms with E-state index in [0.29, 0.717) is 0 Å². The SMILES string of the molecule is CN(C)C(=O)CNC(=O)COC(=O)/C=C/c1c(F)cccc1Cl. The Morgan fingerprint density at radius 3 is 2.65 bits per heavy atom. The highest BCUT2D eigenvalue weighted by atomic mass is 35.5. The van der Waals surface area contributed by atoms with Gasteiger partial charge < -0.3 is 15.0 Å². The lowest BCUT2D eigenvalue weighted by atomic mass is 10.2. The second-order valence-corrected chi connectivity index (χ2v) is 5.05. The number of likely N-dealkylation sites (N-methyl/N-ethyl adjacent to an activating group) is 1. The molecule has 0 fully saturated rings. The summed E-state index contributed by atoms with van der Waals surface area (Å²) in [5.41, 5.74) is 0.0483. The monoisotopic (exact) mass is 342 g/mol. The smallest absolute Gasteiger partial charge is 0.331 e. The maximum atomic E-state index is 13.5. The predicted molar refractivity (Wildman–Crippen MR) is 83.1 cm³/mol. The Morgan fingerprint density at radius 2 is 2.04 bits per heavy atom. The van der Waals surface area contributed by atoms with Gasteiger partial charge in [0.2, 0.25) is 5.91 Å². The third-order valence-electron chi connectivity index (χ3n) is 2.67. The van der Waals surface area contributed by atoms with Gasteiger partial charge in [0.25, 0.3) is 5.91 Å². The van der Waals surface area contributed by atoms with Crippen molar-refractivity contribution in [3.05, 3.63) is 40.7 Å². The number of amides is 2. The summed E-state index contributed by atoms with van der Waals surface area (Å²) in [4.78, 5) is 35.4. The summed E-state index contributed by atoms with van der Waals surface area (Å²) >= 11 is 5.79. The Balaban J connectivity index is 2.44. The molecule has 0 spiro atoms. The zero-order valence-electron chi connectivity index (χ0n) is 12.6. The van der Waals surface area contributed by atoms with E-state index >= 15 is 0 Å². The number of benzene rings is 1. The molecule has 0 heterocycles. The van der Waals surface area contributed by atoms with Crippen LogP contribution in [0.15, 0.2) is 24.3 Å². The van der Waals surface area contributed by atoms with Crippen LogP contribution in [0.4, 0.5) is 4.39 Å². The van der Waals surface area contributed by atoms with Crippen LogP contribution in [0.25, 0.3) is 6.08 Å². The second-order valence-electron chi connectivity index (χ2n) is 4.64. The van der Waals surface area contributed by atoms with E-state index in [1.807, 2.05) is 0 Å². The number of hydrogen-bond acceptors (Lipinski definition) is 4. The molecule has 0 unspecified atom stereocenters. The minimum Gasteiger partial charge on any atom is -0.452 e. The number of halogens is 2. The number of ether oxygens (including phenoxy) is 1. The molecule has 0 saturated heterocycles. The fraction of sp³-hybridized carbons (Fsp3) is 0.267. The Bertz CT molecular complexity index is 612. The van der Waals surface area contributed by atoms with Crippen LogP contribution in [-0.4, -0.2) is 49.9 Å². The maximum absolute atomic E-state index is 13.5. The van der Waals surface area contributed by atoms with Gasteiger partial charge in [-0.05, 0) is 18.2 Å². The fourth-order valence-electron chi connectivity index (χ4n) is 1.39. The fourth-order valence-corrected chi connectivity index (χ4v) is 1.62. The topological polar surface area (TPSA) is 75.7 Å². The molecule has 1 rings (SSSR count). The first kappa shape index (κ1) is 18.6. The van der Waals surface area contributed by atoms with Crippen molar-refractivity contribution in [2.24, 2.45) is 0 Å². The summed E-state index contributed by atoms with van der Waals surface area (Å²) < 4.78 is 18.1. The standard InChI is InChI=1S/C15H16ClFN2O4/c1-19(2)14(21)8-18-13(20)9-23-15(22)7-6-10-11(16)4-3-5-12(10)17/h3-7H,8-9H2,1-2H3,(H,18,20)/b7-6+. The molecule has 1 N–H and O–H groups in total. The lowest BCUT2D eigenvalue weighted by molar-refractivity contribution is -0.144. The second kappa shape index (κ2) is 8.89. The molecule has 0 saturated carbocycles. The molecule has 0 aliphatic carbocycles. The lowest BCUT2D eigenvalue weighted by Crippen LogP contribution is -2.38. The van der Waals surface area contributed by atoms with Crippen molar-refractivity contribution in [1.29, 1.82) is 0 Å². The van der Waals surface area contributed by atoms with Gasteiger partial charge in [0.05, 0.1) is 11.6 Å². The number of nitrogens with zero attached hydrogens (tertiary/aromatic N) is 1. The third-order valence-corrected chi connectivity index (χ3v) is 3.00. The summed E-state index contributed by atoms with van der Waals surface area (Å²) in [5.74, 6) is -2.33. The van der Waals surface area contributed by atoms with Crippen LogP contribution in [0.3, 0.4) is 0 Å². The van der Waals surface area contributed by atoms with Gasteiger partial charge in [-0.1, -0.05) is 17.7 Å². The Kier molecular flexibility index (Phi) is 7.21. The maximum Gasteiger partial charge on any atom is 0.331 e. The van der Waals surface area contributed by atoms with Crippen molar-refractivity contribution in [3.8, 4) is 0 Å². The Labute approximate surface area is 137 Å². The third kappa shape index (κ3) is 6.48. The lowest BCUT2D eigenvalue weighted by Gasteiger charge is -2.10. The van der Waals surface area contributed by atoms with Crippen LogP contribution < -0.4 is 5.32 Å². The molecule has 0 radical (unpaired) electrons. The van der Waals surface area contributed by atoms with Crippen LogP contribution in [0.5, 0.6) is 0 Å². The van der Waals surface area contributed by atoms with Crippen LogP contribution in [0.2, 0.25) is 5.02 Å². The van der Waals surface area contributed by atoms with E-state index in [9.17, 15) is 18.8 Å². The molecule has 8 heteroatoms. The van der Waals surface area contributed by atoms with Gasteiger partial charge in [0.1, 0.15) is 5.82 Å². The first-order valence-corrected chi connectivity index (χ1v) is 6.94. The summed E-state index contributed by atoms with van der Waals surface area (Å²) in [6.45, 7) is -0.737. The van der Waals surface area contributed by atoms with Gasteiger partial charge in [0, 0.05) is 25.7 Å². The highest BCUT2D eigenvalue weighted by Gasteiger charge is 2.09. The van der Waals surface area contributed by atoms with E-state index in [-0.39, 0.29) is 23.0 Å². The zero-order chi connectivity index (χ0) is 17.4. The number of carbonyl (C=O) groups is 3. The van der Waals surface area contributed by atoms with Gasteiger partial charge in [-0.25, -0.2) is 9.18 Å². The normalized spacial score (nSPS) is 10.4. The molecule has 2 amide bonds. The molecular weight excluding hydrogens is 327 g/mol. The number of rotatable bonds is 6. The summed E-state index contributed by atoms with van der Waals surface area (Å²) in [6.07, 6.45) is 2.12. The molecule has 0 aliphatic rings. The highest BCUT2D eigenvalue weighted by molar-refractivity contribution is 6.32. The summed E-state index contributed by atoms with van der Waals surface area (Å²) in [5, 5.41) is 2.45. The van der Waals surface area contributed by atoms with E-state index in [1.165, 1.54) is 23.1 Å². The molecule has 6 nitrogen and oxygen atoms in total. The van der Waals surface area contributed by atoms with Crippen molar-refractivity contribution in [2.75, 3.05) is 27.2 Å². The van der Waals surface area contributed by atoms with Crippen LogP contribution in [0, 0.1) is 5.82 Å². The van der Waals surface area contributed by atoms with Crippen molar-refractivity contribution in [3.63, 3.8) is 0 Å². The van der Waals surface area contributed by atoms with E-state index in [0.717, 1.165) is 12.2 Å². The minimum atomic E-state index is -0.835. The van der Waals surface area contributed by atoms with Gasteiger partial charge in [0.15, 0.2) is 6.61 Å². The molecule has 1 aromatic carbocycles. The van der Waals surface area contributed by atoms with Gasteiger partial charge in [-0.2, -0.15) is 0 Å². The van der Waals surface area contributed by atoms with E-state index in [4.69, 9.17) is 11.6 Å². The largest absolute Gasteiger partial charge is 0.452 e. The first-order valence-electron chi connectivity index (χ1n) is 6.57.